The maximum absolute atomic E-state index is 14.3. The van der Waals surface area contributed by atoms with E-state index < -0.39 is 35.7 Å². The number of aromatic hydroxyl groups is 1. The number of hydrogen-bond donors (Lipinski definition) is 2. The third-order valence-corrected chi connectivity index (χ3v) is 9.11. The molecule has 5 aromatic heterocycles. The summed E-state index contributed by atoms with van der Waals surface area (Å²) in [5, 5.41) is 17.2. The summed E-state index contributed by atoms with van der Waals surface area (Å²) >= 11 is 6.13. The number of aromatic nitrogens is 8. The van der Waals surface area contributed by atoms with Gasteiger partial charge in [-0.3, -0.25) is 14.4 Å². The van der Waals surface area contributed by atoms with Crippen LogP contribution in [0.2, 0.25) is 5.02 Å². The fourth-order valence-electron chi connectivity index (χ4n) is 6.14. The van der Waals surface area contributed by atoms with Gasteiger partial charge in [0.25, 0.3) is 11.5 Å². The first-order valence-corrected chi connectivity index (χ1v) is 16.4. The largest absolute Gasteiger partial charge is 0.504 e. The smallest absolute Gasteiger partial charge is 0.416 e. The number of rotatable bonds is 7. The van der Waals surface area contributed by atoms with E-state index in [0.717, 1.165) is 28.2 Å². The minimum atomic E-state index is -4.62. The molecule has 0 unspecified atom stereocenters. The lowest BCUT2D eigenvalue weighted by Crippen LogP contribution is -2.51. The van der Waals surface area contributed by atoms with Gasteiger partial charge in [0.15, 0.2) is 17.3 Å². The van der Waals surface area contributed by atoms with Gasteiger partial charge in [-0.05, 0) is 43.7 Å². The highest BCUT2D eigenvalue weighted by molar-refractivity contribution is 6.33. The molecule has 2 amide bonds. The van der Waals surface area contributed by atoms with Crippen molar-refractivity contribution in [3.63, 3.8) is 0 Å². The molecule has 1 fully saturated rings. The van der Waals surface area contributed by atoms with E-state index in [-0.39, 0.29) is 77.7 Å². The first kappa shape index (κ1) is 34.4. The van der Waals surface area contributed by atoms with Crippen LogP contribution in [0.5, 0.6) is 5.75 Å². The van der Waals surface area contributed by atoms with Gasteiger partial charge >= 0.3 is 6.18 Å². The molecular formula is C33H29ClF3N11O4. The van der Waals surface area contributed by atoms with E-state index in [1.165, 1.54) is 15.8 Å². The molecule has 1 saturated heterocycles. The van der Waals surface area contributed by atoms with Gasteiger partial charge in [0.05, 0.1) is 45.7 Å². The molecule has 2 N–H and O–H groups in total. The summed E-state index contributed by atoms with van der Waals surface area (Å²) in [5.74, 6) is -1.17. The molecule has 268 valence electrons. The zero-order chi connectivity index (χ0) is 36.9. The normalized spacial score (nSPS) is 13.7. The molecule has 0 saturated carbocycles. The van der Waals surface area contributed by atoms with Crippen LogP contribution in [-0.4, -0.2) is 86.5 Å². The van der Waals surface area contributed by atoms with E-state index in [1.807, 2.05) is 0 Å². The SMILES string of the molecule is CCc1c(N2CCN(C(=O)c3ncnc(C)c3O)CC2)c(=O)n2nc(-c3ccn4cncc4c3)nc2n1CC(=O)Nc1ccc(C(F)(F)F)cc1Cl. The summed E-state index contributed by atoms with van der Waals surface area (Å²) in [5.41, 5.74) is 0.672. The lowest BCUT2D eigenvalue weighted by molar-refractivity contribution is -0.137. The number of imidazole rings is 1. The van der Waals surface area contributed by atoms with Gasteiger partial charge in [-0.2, -0.15) is 22.7 Å². The van der Waals surface area contributed by atoms with Gasteiger partial charge in [0.2, 0.25) is 11.7 Å². The Bertz CT molecular complexity index is 2430. The monoisotopic (exact) mass is 735 g/mol. The van der Waals surface area contributed by atoms with E-state index in [1.54, 1.807) is 54.0 Å². The molecule has 6 aromatic rings. The number of hydrogen-bond acceptors (Lipinski definition) is 10. The van der Waals surface area contributed by atoms with Crippen molar-refractivity contribution in [3.8, 4) is 17.1 Å². The van der Waals surface area contributed by atoms with Gasteiger partial charge < -0.3 is 29.2 Å². The molecule has 0 atom stereocenters. The highest BCUT2D eigenvalue weighted by Gasteiger charge is 2.32. The Kier molecular flexibility index (Phi) is 8.77. The molecule has 1 aliphatic rings. The van der Waals surface area contributed by atoms with Crippen LogP contribution < -0.4 is 15.8 Å². The summed E-state index contributed by atoms with van der Waals surface area (Å²) < 4.78 is 44.1. The third kappa shape index (κ3) is 6.25. The predicted octanol–water partition coefficient (Wildman–Crippen LogP) is 3.85. The number of anilines is 2. The Labute approximate surface area is 296 Å². The highest BCUT2D eigenvalue weighted by atomic mass is 35.5. The quantitative estimate of drug-likeness (QED) is 0.246. The Morgan fingerprint density at radius 1 is 1.08 bits per heavy atom. The first-order valence-electron chi connectivity index (χ1n) is 16.0. The molecule has 1 aromatic carbocycles. The van der Waals surface area contributed by atoms with Crippen LogP contribution in [-0.2, 0) is 23.9 Å². The van der Waals surface area contributed by atoms with Crippen LogP contribution in [0.4, 0.5) is 24.5 Å². The van der Waals surface area contributed by atoms with Crippen LogP contribution in [0, 0.1) is 6.92 Å². The maximum atomic E-state index is 14.3. The number of carbonyl (C=O) groups is 2. The number of amides is 2. The summed E-state index contributed by atoms with van der Waals surface area (Å²) in [6.07, 6.45) is 1.90. The second-order valence-corrected chi connectivity index (χ2v) is 12.4. The molecule has 19 heteroatoms. The van der Waals surface area contributed by atoms with Crippen molar-refractivity contribution in [1.29, 1.82) is 0 Å². The standard InChI is InChI=1S/C33H29ClF3N11O4/c1-3-24-27(44-8-10-45(11-9-44)30(51)26-28(50)18(2)39-16-40-26)31(52)48-32(42-29(43-48)19-6-7-46-17-38-14-21(46)12-19)47(24)15-25(49)41-23-5-4-20(13-22(23)34)33(35,36)37/h4-7,12-14,16-17,50H,3,8-11,15H2,1-2H3,(H,41,49). The fourth-order valence-corrected chi connectivity index (χ4v) is 6.37. The maximum Gasteiger partial charge on any atom is 0.416 e. The number of pyridine rings is 1. The van der Waals surface area contributed by atoms with Crippen molar-refractivity contribution in [2.45, 2.75) is 33.0 Å². The molecule has 1 aliphatic heterocycles. The zero-order valence-electron chi connectivity index (χ0n) is 27.6. The van der Waals surface area contributed by atoms with Crippen LogP contribution in [0.25, 0.3) is 22.7 Å². The van der Waals surface area contributed by atoms with E-state index in [4.69, 9.17) is 11.6 Å². The number of carbonyl (C=O) groups excluding carboxylic acids is 2. The molecular weight excluding hydrogens is 707 g/mol. The summed E-state index contributed by atoms with van der Waals surface area (Å²) in [4.78, 5) is 61.1. The molecule has 7 rings (SSSR count). The molecule has 0 radical (unpaired) electrons. The van der Waals surface area contributed by atoms with E-state index in [2.05, 4.69) is 30.4 Å². The van der Waals surface area contributed by atoms with Gasteiger partial charge in [0.1, 0.15) is 18.6 Å². The number of fused-ring (bicyclic) bond motifs is 2. The topological polar surface area (TPSA) is 168 Å². The molecule has 6 heterocycles. The first-order chi connectivity index (χ1) is 24.8. The lowest BCUT2D eigenvalue weighted by atomic mass is 10.2. The van der Waals surface area contributed by atoms with Crippen LogP contribution in [0.3, 0.4) is 0 Å². The number of piperazine rings is 1. The van der Waals surface area contributed by atoms with Crippen molar-refractivity contribution >= 4 is 46.1 Å². The van der Waals surface area contributed by atoms with Crippen molar-refractivity contribution in [3.05, 3.63) is 93.4 Å². The Morgan fingerprint density at radius 3 is 2.56 bits per heavy atom. The summed E-state index contributed by atoms with van der Waals surface area (Å²) in [6.45, 7) is 3.77. The van der Waals surface area contributed by atoms with Gasteiger partial charge in [-0.25, -0.2) is 15.0 Å². The number of nitrogens with zero attached hydrogens (tertiary/aromatic N) is 10. The minimum Gasteiger partial charge on any atom is -0.504 e. The molecule has 0 aliphatic carbocycles. The van der Waals surface area contributed by atoms with Gasteiger partial charge in [0, 0.05) is 37.9 Å². The fraction of sp³-hybridized carbons (Fsp3) is 0.273. The van der Waals surface area contributed by atoms with E-state index >= 15 is 0 Å². The third-order valence-electron chi connectivity index (χ3n) is 8.80. The Morgan fingerprint density at radius 2 is 1.85 bits per heavy atom. The number of halogens is 4. The zero-order valence-corrected chi connectivity index (χ0v) is 28.4. The average molecular weight is 736 g/mol. The predicted molar refractivity (Wildman–Crippen MR) is 182 cm³/mol. The summed E-state index contributed by atoms with van der Waals surface area (Å²) in [7, 11) is 0. The molecule has 52 heavy (non-hydrogen) atoms. The lowest BCUT2D eigenvalue weighted by Gasteiger charge is -2.36. The Hall–Kier alpha value is -6.04. The van der Waals surface area contributed by atoms with Crippen molar-refractivity contribution in [2.24, 2.45) is 0 Å². The van der Waals surface area contributed by atoms with E-state index in [0.29, 0.717) is 11.3 Å². The Balaban J connectivity index is 1.26. The van der Waals surface area contributed by atoms with Crippen LogP contribution in [0.15, 0.2) is 60.2 Å². The average Bonchev–Trinajstić information content (AvgIpc) is 3.79. The molecule has 15 nitrogen and oxygen atoms in total. The minimum absolute atomic E-state index is 0.0306. The number of benzene rings is 1. The summed E-state index contributed by atoms with van der Waals surface area (Å²) in [6, 6.07) is 6.16. The number of aryl methyl sites for hydroxylation is 1. The molecule has 0 bridgehead atoms. The van der Waals surface area contributed by atoms with Gasteiger partial charge in [-0.15, -0.1) is 5.10 Å². The highest BCUT2D eigenvalue weighted by Crippen LogP contribution is 2.34. The number of alkyl halides is 3. The van der Waals surface area contributed by atoms with Crippen molar-refractivity contribution in [1.82, 2.24) is 43.4 Å². The molecule has 0 spiro atoms. The van der Waals surface area contributed by atoms with Crippen LogP contribution >= 0.6 is 11.6 Å². The van der Waals surface area contributed by atoms with Crippen molar-refractivity contribution < 1.29 is 27.9 Å². The van der Waals surface area contributed by atoms with Gasteiger partial charge in [-0.1, -0.05) is 18.5 Å². The second kappa shape index (κ2) is 13.3. The van der Waals surface area contributed by atoms with E-state index in [9.17, 15) is 32.7 Å². The van der Waals surface area contributed by atoms with Crippen LogP contribution in [0.1, 0.15) is 34.4 Å². The number of nitrogens with one attached hydrogen (secondary N) is 1. The van der Waals surface area contributed by atoms with Crippen molar-refractivity contribution in [2.75, 3.05) is 36.4 Å². The second-order valence-electron chi connectivity index (χ2n) is 12.0.